The lowest BCUT2D eigenvalue weighted by Crippen LogP contribution is -2.29. The fourth-order valence-corrected chi connectivity index (χ4v) is 3.41. The number of pyridine rings is 1. The minimum Gasteiger partial charge on any atom is -0.370 e. The van der Waals surface area contributed by atoms with E-state index >= 15 is 0 Å². The Bertz CT molecular complexity index is 428. The fraction of sp³-hybridized carbons (Fsp3) is 0.688. The number of nitrogens with one attached hydrogen (secondary N) is 2. The minimum absolute atomic E-state index is 0.623. The molecule has 2 heterocycles. The van der Waals surface area contributed by atoms with Crippen molar-refractivity contribution >= 4 is 11.5 Å². The summed E-state index contributed by atoms with van der Waals surface area (Å²) in [5.74, 6) is 1.88. The zero-order valence-corrected chi connectivity index (χ0v) is 12.4. The van der Waals surface area contributed by atoms with Crippen molar-refractivity contribution in [3.63, 3.8) is 0 Å². The first-order chi connectivity index (χ1) is 9.85. The second kappa shape index (κ2) is 6.44. The number of hydrogen-bond donors (Lipinski definition) is 2. The molecule has 1 saturated carbocycles. The molecule has 1 aromatic heterocycles. The van der Waals surface area contributed by atoms with Crippen LogP contribution in [0.25, 0.3) is 0 Å². The molecule has 1 aromatic rings. The number of aromatic nitrogens is 1. The Balaban J connectivity index is 1.58. The van der Waals surface area contributed by atoms with Crippen molar-refractivity contribution in [2.75, 3.05) is 36.9 Å². The summed E-state index contributed by atoms with van der Waals surface area (Å²) in [5.41, 5.74) is 1.30. The van der Waals surface area contributed by atoms with Crippen LogP contribution in [0.5, 0.6) is 0 Å². The summed E-state index contributed by atoms with van der Waals surface area (Å²) in [5, 5.41) is 6.89. The van der Waals surface area contributed by atoms with Crippen LogP contribution >= 0.6 is 0 Å². The van der Waals surface area contributed by atoms with Gasteiger partial charge in [0, 0.05) is 43.6 Å². The molecule has 4 nitrogen and oxygen atoms in total. The van der Waals surface area contributed by atoms with Crippen molar-refractivity contribution in [1.29, 1.82) is 0 Å². The summed E-state index contributed by atoms with van der Waals surface area (Å²) < 4.78 is 0. The van der Waals surface area contributed by atoms with Gasteiger partial charge in [-0.15, -0.1) is 0 Å². The number of nitrogens with zero attached hydrogens (tertiary/aromatic N) is 2. The van der Waals surface area contributed by atoms with E-state index in [9.17, 15) is 0 Å². The SMILES string of the molecule is CNC1CCN(c2ccnc(NCC3CCCC3)c2)C1. The topological polar surface area (TPSA) is 40.2 Å². The van der Waals surface area contributed by atoms with Crippen molar-refractivity contribution in [2.45, 2.75) is 38.1 Å². The maximum atomic E-state index is 4.46. The number of hydrogen-bond acceptors (Lipinski definition) is 4. The average Bonchev–Trinajstić information content (AvgIpc) is 3.16. The van der Waals surface area contributed by atoms with E-state index in [0.29, 0.717) is 6.04 Å². The third kappa shape index (κ3) is 3.23. The van der Waals surface area contributed by atoms with Crippen molar-refractivity contribution in [2.24, 2.45) is 5.92 Å². The fourth-order valence-electron chi connectivity index (χ4n) is 3.41. The van der Waals surface area contributed by atoms with Gasteiger partial charge in [0.15, 0.2) is 0 Å². The largest absolute Gasteiger partial charge is 0.370 e. The Labute approximate surface area is 122 Å². The second-order valence-electron chi connectivity index (χ2n) is 6.15. The predicted molar refractivity (Wildman–Crippen MR) is 84.4 cm³/mol. The van der Waals surface area contributed by atoms with Gasteiger partial charge in [-0.3, -0.25) is 0 Å². The first kappa shape index (κ1) is 13.7. The molecule has 2 N–H and O–H groups in total. The molecule has 1 atom stereocenters. The Hall–Kier alpha value is -1.29. The monoisotopic (exact) mass is 274 g/mol. The van der Waals surface area contributed by atoms with Gasteiger partial charge in [-0.25, -0.2) is 4.98 Å². The Morgan fingerprint density at radius 3 is 2.90 bits per heavy atom. The van der Waals surface area contributed by atoms with Crippen molar-refractivity contribution in [3.05, 3.63) is 18.3 Å². The van der Waals surface area contributed by atoms with Crippen LogP contribution < -0.4 is 15.5 Å². The first-order valence-electron chi connectivity index (χ1n) is 7.97. The lowest BCUT2D eigenvalue weighted by Gasteiger charge is -2.19. The smallest absolute Gasteiger partial charge is 0.127 e. The van der Waals surface area contributed by atoms with Crippen LogP contribution in [-0.2, 0) is 0 Å². The van der Waals surface area contributed by atoms with Crippen LogP contribution in [0, 0.1) is 5.92 Å². The van der Waals surface area contributed by atoms with E-state index in [1.54, 1.807) is 0 Å². The normalized spacial score (nSPS) is 23.4. The van der Waals surface area contributed by atoms with Crippen LogP contribution in [-0.4, -0.2) is 37.7 Å². The molecular formula is C16H26N4. The van der Waals surface area contributed by atoms with Gasteiger partial charge in [-0.05, 0) is 38.3 Å². The highest BCUT2D eigenvalue weighted by Crippen LogP contribution is 2.26. The molecule has 20 heavy (non-hydrogen) atoms. The summed E-state index contributed by atoms with van der Waals surface area (Å²) in [6.45, 7) is 3.32. The molecule has 1 aliphatic carbocycles. The van der Waals surface area contributed by atoms with Crippen molar-refractivity contribution < 1.29 is 0 Å². The molecule has 1 saturated heterocycles. The summed E-state index contributed by atoms with van der Waals surface area (Å²) >= 11 is 0. The number of rotatable bonds is 5. The minimum atomic E-state index is 0.623. The van der Waals surface area contributed by atoms with Crippen molar-refractivity contribution in [3.8, 4) is 0 Å². The molecule has 0 aromatic carbocycles. The van der Waals surface area contributed by atoms with Crippen LogP contribution in [0.2, 0.25) is 0 Å². The van der Waals surface area contributed by atoms with E-state index in [0.717, 1.165) is 31.4 Å². The molecule has 1 aliphatic heterocycles. The van der Waals surface area contributed by atoms with Gasteiger partial charge in [-0.1, -0.05) is 12.8 Å². The summed E-state index contributed by atoms with van der Waals surface area (Å²) in [7, 11) is 2.05. The standard InChI is InChI=1S/C16H26N4/c1-17-14-7-9-20(12-14)15-6-8-18-16(10-15)19-11-13-4-2-3-5-13/h6,8,10,13-14,17H,2-5,7,9,11-12H2,1H3,(H,18,19). The van der Waals surface area contributed by atoms with E-state index < -0.39 is 0 Å². The Kier molecular flexibility index (Phi) is 4.41. The molecular weight excluding hydrogens is 248 g/mol. The van der Waals surface area contributed by atoms with Crippen LogP contribution in [0.15, 0.2) is 18.3 Å². The Morgan fingerprint density at radius 2 is 2.15 bits per heavy atom. The third-order valence-corrected chi connectivity index (χ3v) is 4.75. The summed E-state index contributed by atoms with van der Waals surface area (Å²) in [6.07, 6.45) is 8.71. The quantitative estimate of drug-likeness (QED) is 0.865. The average molecular weight is 274 g/mol. The number of likely N-dealkylation sites (N-methyl/N-ethyl adjacent to an activating group) is 1. The van der Waals surface area contributed by atoms with Gasteiger partial charge >= 0.3 is 0 Å². The third-order valence-electron chi connectivity index (χ3n) is 4.75. The molecule has 110 valence electrons. The highest BCUT2D eigenvalue weighted by Gasteiger charge is 2.21. The molecule has 0 bridgehead atoms. The van der Waals surface area contributed by atoms with Gasteiger partial charge in [-0.2, -0.15) is 0 Å². The molecule has 0 spiro atoms. The van der Waals surface area contributed by atoms with E-state index in [1.165, 1.54) is 37.8 Å². The van der Waals surface area contributed by atoms with E-state index in [2.05, 4.69) is 39.7 Å². The zero-order valence-electron chi connectivity index (χ0n) is 12.4. The van der Waals surface area contributed by atoms with Gasteiger partial charge in [0.2, 0.25) is 0 Å². The van der Waals surface area contributed by atoms with E-state index in [-0.39, 0.29) is 0 Å². The van der Waals surface area contributed by atoms with Crippen LogP contribution in [0.1, 0.15) is 32.1 Å². The molecule has 4 heteroatoms. The summed E-state index contributed by atoms with van der Waals surface area (Å²) in [4.78, 5) is 6.91. The molecule has 2 aliphatic rings. The lowest BCUT2D eigenvalue weighted by molar-refractivity contribution is 0.579. The van der Waals surface area contributed by atoms with Gasteiger partial charge < -0.3 is 15.5 Å². The van der Waals surface area contributed by atoms with E-state index in [1.807, 2.05) is 6.20 Å². The zero-order chi connectivity index (χ0) is 13.8. The maximum Gasteiger partial charge on any atom is 0.127 e. The van der Waals surface area contributed by atoms with Gasteiger partial charge in [0.05, 0.1) is 0 Å². The van der Waals surface area contributed by atoms with Crippen molar-refractivity contribution in [1.82, 2.24) is 10.3 Å². The van der Waals surface area contributed by atoms with E-state index in [4.69, 9.17) is 0 Å². The lowest BCUT2D eigenvalue weighted by atomic mass is 10.1. The van der Waals surface area contributed by atoms with Crippen LogP contribution in [0.3, 0.4) is 0 Å². The van der Waals surface area contributed by atoms with Gasteiger partial charge in [0.25, 0.3) is 0 Å². The first-order valence-corrected chi connectivity index (χ1v) is 7.97. The Morgan fingerprint density at radius 1 is 1.30 bits per heavy atom. The molecule has 0 radical (unpaired) electrons. The van der Waals surface area contributed by atoms with Gasteiger partial charge in [0.1, 0.15) is 5.82 Å². The highest BCUT2D eigenvalue weighted by molar-refractivity contribution is 5.54. The molecule has 2 fully saturated rings. The maximum absolute atomic E-state index is 4.46. The van der Waals surface area contributed by atoms with Crippen LogP contribution in [0.4, 0.5) is 11.5 Å². The molecule has 0 amide bonds. The second-order valence-corrected chi connectivity index (χ2v) is 6.15. The highest BCUT2D eigenvalue weighted by atomic mass is 15.2. The summed E-state index contributed by atoms with van der Waals surface area (Å²) in [6, 6.07) is 4.95. The molecule has 3 rings (SSSR count). The predicted octanol–water partition coefficient (Wildman–Crippen LogP) is 2.48. The number of anilines is 2. The molecule has 1 unspecified atom stereocenters.